The Morgan fingerprint density at radius 3 is 2.84 bits per heavy atom. The quantitative estimate of drug-likeness (QED) is 0.805. The van der Waals surface area contributed by atoms with Crippen LogP contribution in [0.3, 0.4) is 0 Å². The van der Waals surface area contributed by atoms with E-state index in [1.165, 1.54) is 11.3 Å². The highest BCUT2D eigenvalue weighted by Gasteiger charge is 2.18. The maximum Gasteiger partial charge on any atom is 0.212 e. The van der Waals surface area contributed by atoms with Crippen LogP contribution in [0.15, 0.2) is 35.8 Å². The molecule has 7 heteroatoms. The number of nitrogens with two attached hydrogens (primary N) is 1. The zero-order valence-electron chi connectivity index (χ0n) is 9.82. The molecule has 3 aromatic rings. The van der Waals surface area contributed by atoms with Crippen LogP contribution < -0.4 is 5.73 Å². The van der Waals surface area contributed by atoms with Crippen LogP contribution in [0, 0.1) is 0 Å². The summed E-state index contributed by atoms with van der Waals surface area (Å²) in [6, 6.07) is 7.55. The molecule has 0 saturated carbocycles. The van der Waals surface area contributed by atoms with Crippen LogP contribution in [-0.2, 0) is 6.54 Å². The lowest BCUT2D eigenvalue weighted by Crippen LogP contribution is -2.02. The summed E-state index contributed by atoms with van der Waals surface area (Å²) in [5, 5.41) is 11.5. The number of nitrogens with zero attached hydrogens (tertiary/aromatic N) is 4. The molecule has 0 saturated heterocycles. The van der Waals surface area contributed by atoms with Gasteiger partial charge in [-0.25, -0.2) is 4.98 Å². The molecule has 0 aliphatic rings. The lowest BCUT2D eigenvalue weighted by molar-refractivity contribution is 0.794. The molecule has 0 bridgehead atoms. The second-order valence-electron chi connectivity index (χ2n) is 3.80. The van der Waals surface area contributed by atoms with Gasteiger partial charge >= 0.3 is 0 Å². The number of hydrogen-bond acceptors (Lipinski definition) is 5. The van der Waals surface area contributed by atoms with E-state index in [1.54, 1.807) is 10.9 Å². The fourth-order valence-electron chi connectivity index (χ4n) is 1.83. The predicted octanol–water partition coefficient (Wildman–Crippen LogP) is 2.50. The maximum absolute atomic E-state index is 6.25. The highest BCUT2D eigenvalue weighted by Crippen LogP contribution is 2.31. The molecule has 2 N–H and O–H groups in total. The zero-order chi connectivity index (χ0) is 13.2. The van der Waals surface area contributed by atoms with Crippen LogP contribution in [0.1, 0.15) is 5.69 Å². The number of halogens is 1. The van der Waals surface area contributed by atoms with Gasteiger partial charge in [-0.2, -0.15) is 4.68 Å². The number of benzene rings is 1. The molecule has 2 heterocycles. The lowest BCUT2D eigenvalue weighted by Gasteiger charge is -2.06. The summed E-state index contributed by atoms with van der Waals surface area (Å²) in [6.45, 7) is 0.298. The molecule has 0 aliphatic heterocycles. The van der Waals surface area contributed by atoms with E-state index in [4.69, 9.17) is 17.3 Å². The van der Waals surface area contributed by atoms with Gasteiger partial charge in [0.2, 0.25) is 5.13 Å². The van der Waals surface area contributed by atoms with Gasteiger partial charge in [-0.1, -0.05) is 35.0 Å². The van der Waals surface area contributed by atoms with Gasteiger partial charge in [-0.3, -0.25) is 0 Å². The average molecular weight is 292 g/mol. The van der Waals surface area contributed by atoms with Crippen LogP contribution in [0.5, 0.6) is 0 Å². The monoisotopic (exact) mass is 291 g/mol. The van der Waals surface area contributed by atoms with Crippen LogP contribution in [0.2, 0.25) is 5.02 Å². The molecular weight excluding hydrogens is 282 g/mol. The summed E-state index contributed by atoms with van der Waals surface area (Å²) in [5.74, 6) is 0. The average Bonchev–Trinajstić information content (AvgIpc) is 3.07. The van der Waals surface area contributed by atoms with Crippen LogP contribution in [0.4, 0.5) is 0 Å². The normalized spacial score (nSPS) is 10.8. The lowest BCUT2D eigenvalue weighted by atomic mass is 10.1. The fraction of sp³-hybridized carbons (Fsp3) is 0.0833. The largest absolute Gasteiger partial charge is 0.325 e. The molecule has 5 nitrogen and oxygen atoms in total. The minimum atomic E-state index is 0.298. The fourth-order valence-corrected chi connectivity index (χ4v) is 2.65. The summed E-state index contributed by atoms with van der Waals surface area (Å²) in [4.78, 5) is 4.25. The van der Waals surface area contributed by atoms with Gasteiger partial charge < -0.3 is 5.73 Å². The molecule has 2 aromatic heterocycles. The number of rotatable bonds is 3. The van der Waals surface area contributed by atoms with Crippen molar-refractivity contribution in [2.45, 2.75) is 6.54 Å². The van der Waals surface area contributed by atoms with Gasteiger partial charge in [0.1, 0.15) is 11.4 Å². The Morgan fingerprint density at radius 1 is 1.32 bits per heavy atom. The Balaban J connectivity index is 2.25. The van der Waals surface area contributed by atoms with Crippen molar-refractivity contribution in [2.24, 2.45) is 5.73 Å². The van der Waals surface area contributed by atoms with Crippen molar-refractivity contribution >= 4 is 22.9 Å². The summed E-state index contributed by atoms with van der Waals surface area (Å²) < 4.78 is 1.67. The molecule has 0 unspecified atom stereocenters. The van der Waals surface area contributed by atoms with E-state index in [9.17, 15) is 0 Å². The second-order valence-corrected chi connectivity index (χ2v) is 5.08. The van der Waals surface area contributed by atoms with Crippen LogP contribution in [0.25, 0.3) is 16.4 Å². The Kier molecular flexibility index (Phi) is 3.29. The molecule has 1 aromatic carbocycles. The predicted molar refractivity (Wildman–Crippen MR) is 75.4 cm³/mol. The van der Waals surface area contributed by atoms with Gasteiger partial charge in [0.05, 0.1) is 5.02 Å². The zero-order valence-corrected chi connectivity index (χ0v) is 11.4. The summed E-state index contributed by atoms with van der Waals surface area (Å²) >= 11 is 7.73. The van der Waals surface area contributed by atoms with Crippen molar-refractivity contribution in [2.75, 3.05) is 0 Å². The summed E-state index contributed by atoms with van der Waals surface area (Å²) in [7, 11) is 0. The van der Waals surface area contributed by atoms with Crippen molar-refractivity contribution in [1.29, 1.82) is 0 Å². The van der Waals surface area contributed by atoms with Gasteiger partial charge in [-0.05, 0) is 6.07 Å². The molecular formula is C12H10ClN5S. The second kappa shape index (κ2) is 5.08. The Bertz CT molecular complexity index is 692. The maximum atomic E-state index is 6.25. The third-order valence-electron chi connectivity index (χ3n) is 2.66. The van der Waals surface area contributed by atoms with Crippen molar-refractivity contribution in [1.82, 2.24) is 20.0 Å². The van der Waals surface area contributed by atoms with Crippen LogP contribution >= 0.6 is 22.9 Å². The van der Waals surface area contributed by atoms with Crippen molar-refractivity contribution in [3.8, 4) is 16.4 Å². The molecule has 0 radical (unpaired) electrons. The number of aromatic nitrogens is 4. The molecule has 96 valence electrons. The van der Waals surface area contributed by atoms with Crippen molar-refractivity contribution in [3.63, 3.8) is 0 Å². The van der Waals surface area contributed by atoms with E-state index >= 15 is 0 Å². The van der Waals surface area contributed by atoms with Gasteiger partial charge in [0.15, 0.2) is 0 Å². The Hall–Kier alpha value is -1.76. The van der Waals surface area contributed by atoms with Gasteiger partial charge in [0.25, 0.3) is 0 Å². The minimum Gasteiger partial charge on any atom is -0.325 e. The summed E-state index contributed by atoms with van der Waals surface area (Å²) in [6.07, 6.45) is 1.72. The van der Waals surface area contributed by atoms with E-state index in [0.29, 0.717) is 17.3 Å². The topological polar surface area (TPSA) is 69.6 Å². The molecule has 0 fully saturated rings. The minimum absolute atomic E-state index is 0.298. The highest BCUT2D eigenvalue weighted by molar-refractivity contribution is 7.12. The smallest absolute Gasteiger partial charge is 0.212 e. The third-order valence-corrected chi connectivity index (χ3v) is 3.74. The molecule has 0 atom stereocenters. The van der Waals surface area contributed by atoms with Crippen molar-refractivity contribution in [3.05, 3.63) is 46.6 Å². The van der Waals surface area contributed by atoms with Gasteiger partial charge in [0, 0.05) is 23.7 Å². The first-order chi connectivity index (χ1) is 9.31. The molecule has 0 spiro atoms. The number of thiazole rings is 1. The first kappa shape index (κ1) is 12.3. The first-order valence-electron chi connectivity index (χ1n) is 5.60. The standard InChI is InChI=1S/C12H10ClN5S/c13-9-4-2-1-3-8(9)11-10(7-14)16-17-18(11)12-15-5-6-19-12/h1-6H,7,14H2. The Labute approximate surface area is 118 Å². The third kappa shape index (κ3) is 2.14. The SMILES string of the molecule is NCc1nnn(-c2nccs2)c1-c1ccccc1Cl. The molecule has 0 amide bonds. The molecule has 0 aliphatic carbocycles. The van der Waals surface area contributed by atoms with E-state index in [2.05, 4.69) is 15.3 Å². The number of hydrogen-bond donors (Lipinski definition) is 1. The van der Waals surface area contributed by atoms with E-state index in [0.717, 1.165) is 16.4 Å². The first-order valence-corrected chi connectivity index (χ1v) is 6.86. The molecule has 3 rings (SSSR count). The van der Waals surface area contributed by atoms with E-state index < -0.39 is 0 Å². The van der Waals surface area contributed by atoms with Crippen molar-refractivity contribution < 1.29 is 0 Å². The Morgan fingerprint density at radius 2 is 2.16 bits per heavy atom. The highest BCUT2D eigenvalue weighted by atomic mass is 35.5. The summed E-state index contributed by atoms with van der Waals surface area (Å²) in [5.41, 5.74) is 8.07. The molecule has 19 heavy (non-hydrogen) atoms. The van der Waals surface area contributed by atoms with Gasteiger partial charge in [-0.15, -0.1) is 16.4 Å². The van der Waals surface area contributed by atoms with E-state index in [-0.39, 0.29) is 0 Å². The van der Waals surface area contributed by atoms with Crippen LogP contribution in [-0.4, -0.2) is 20.0 Å². The van der Waals surface area contributed by atoms with E-state index in [1.807, 2.05) is 29.6 Å².